The highest BCUT2D eigenvalue weighted by molar-refractivity contribution is 6.30. The molecule has 0 bridgehead atoms. The van der Waals surface area contributed by atoms with Crippen LogP contribution in [0.15, 0.2) is 54.6 Å². The Labute approximate surface area is 168 Å². The van der Waals surface area contributed by atoms with Crippen LogP contribution in [-0.2, 0) is 6.54 Å². The maximum absolute atomic E-state index is 10.5. The lowest BCUT2D eigenvalue weighted by molar-refractivity contribution is 0.194. The third-order valence-electron chi connectivity index (χ3n) is 4.78. The molecule has 0 radical (unpaired) electrons. The summed E-state index contributed by atoms with van der Waals surface area (Å²) in [7, 11) is 0. The Morgan fingerprint density at radius 1 is 1.11 bits per heavy atom. The van der Waals surface area contributed by atoms with Crippen molar-refractivity contribution in [1.29, 1.82) is 0 Å². The predicted octanol–water partition coefficient (Wildman–Crippen LogP) is 4.56. The quantitative estimate of drug-likeness (QED) is 0.679. The number of hydrogen-bond donors (Lipinski definition) is 2. The molecule has 2 aromatic carbocycles. The average molecular weight is 397 g/mol. The molecule has 28 heavy (non-hydrogen) atoms. The van der Waals surface area contributed by atoms with E-state index in [0.29, 0.717) is 36.2 Å². The Balaban J connectivity index is 1.71. The molecule has 6 heteroatoms. The zero-order valence-electron chi connectivity index (χ0n) is 15.5. The lowest BCUT2D eigenvalue weighted by Crippen LogP contribution is -2.26. The lowest BCUT2D eigenvalue weighted by Gasteiger charge is -2.22. The van der Waals surface area contributed by atoms with Crippen molar-refractivity contribution in [1.82, 2.24) is 4.98 Å². The van der Waals surface area contributed by atoms with Gasteiger partial charge in [0.25, 0.3) is 0 Å². The maximum atomic E-state index is 10.5. The minimum atomic E-state index is -0.631. The van der Waals surface area contributed by atoms with Gasteiger partial charge < -0.3 is 19.8 Å². The van der Waals surface area contributed by atoms with Crippen LogP contribution in [0.3, 0.4) is 0 Å². The number of rotatable bonds is 3. The first-order valence-electron chi connectivity index (χ1n) is 9.16. The lowest BCUT2D eigenvalue weighted by atomic mass is 10.0. The van der Waals surface area contributed by atoms with Gasteiger partial charge in [-0.05, 0) is 54.4 Å². The molecule has 0 saturated carbocycles. The van der Waals surface area contributed by atoms with Crippen molar-refractivity contribution in [2.45, 2.75) is 19.6 Å². The van der Waals surface area contributed by atoms with Crippen molar-refractivity contribution in [2.24, 2.45) is 0 Å². The number of aromatic hydroxyl groups is 1. The van der Waals surface area contributed by atoms with Crippen molar-refractivity contribution >= 4 is 17.4 Å². The standard InChI is InChI=1S/C22H21ClN2O3/c1-14(26)19-6-3-7-21(24-19)25-8-9-28-22-17(13-25)10-16(12-20(22)27)15-4-2-5-18(23)11-15/h2-7,10-12,14,26-27H,8-9,13H2,1H3/t14-/m1/s1. The number of pyridine rings is 1. The summed E-state index contributed by atoms with van der Waals surface area (Å²) in [4.78, 5) is 6.65. The van der Waals surface area contributed by atoms with Crippen molar-refractivity contribution in [2.75, 3.05) is 18.1 Å². The first-order chi connectivity index (χ1) is 13.5. The second kappa shape index (κ2) is 7.70. The molecule has 5 nitrogen and oxygen atoms in total. The molecule has 4 rings (SSSR count). The van der Waals surface area contributed by atoms with Crippen LogP contribution in [0.1, 0.15) is 24.3 Å². The number of nitrogens with zero attached hydrogens (tertiary/aromatic N) is 2. The molecule has 1 atom stereocenters. The van der Waals surface area contributed by atoms with Crippen LogP contribution in [0.5, 0.6) is 11.5 Å². The Bertz CT molecular complexity index is 1010. The number of anilines is 1. The van der Waals surface area contributed by atoms with Crippen LogP contribution < -0.4 is 9.64 Å². The van der Waals surface area contributed by atoms with Crippen LogP contribution in [-0.4, -0.2) is 28.3 Å². The minimum Gasteiger partial charge on any atom is -0.504 e. The normalized spacial score (nSPS) is 14.8. The van der Waals surface area contributed by atoms with E-state index in [2.05, 4.69) is 9.88 Å². The average Bonchev–Trinajstić information content (AvgIpc) is 2.91. The largest absolute Gasteiger partial charge is 0.504 e. The van der Waals surface area contributed by atoms with Crippen molar-refractivity contribution in [3.8, 4) is 22.6 Å². The van der Waals surface area contributed by atoms with Crippen molar-refractivity contribution in [3.63, 3.8) is 0 Å². The molecule has 2 N–H and O–H groups in total. The number of ether oxygens (including phenoxy) is 1. The summed E-state index contributed by atoms with van der Waals surface area (Å²) in [5.41, 5.74) is 3.29. The second-order valence-corrected chi connectivity index (χ2v) is 7.30. The summed E-state index contributed by atoms with van der Waals surface area (Å²) in [6.45, 7) is 3.28. The fourth-order valence-electron chi connectivity index (χ4n) is 3.38. The van der Waals surface area contributed by atoms with Gasteiger partial charge in [-0.3, -0.25) is 0 Å². The zero-order chi connectivity index (χ0) is 19.7. The summed E-state index contributed by atoms with van der Waals surface area (Å²) >= 11 is 6.12. The van der Waals surface area contributed by atoms with Gasteiger partial charge in [0.05, 0.1) is 18.3 Å². The van der Waals surface area contributed by atoms with Crippen LogP contribution in [0.25, 0.3) is 11.1 Å². The Morgan fingerprint density at radius 3 is 2.71 bits per heavy atom. The molecule has 144 valence electrons. The van der Waals surface area contributed by atoms with E-state index in [1.807, 2.05) is 42.5 Å². The molecule has 1 aliphatic rings. The van der Waals surface area contributed by atoms with E-state index in [1.165, 1.54) is 0 Å². The zero-order valence-corrected chi connectivity index (χ0v) is 16.2. The summed E-state index contributed by atoms with van der Waals surface area (Å²) < 4.78 is 5.83. The molecular weight excluding hydrogens is 376 g/mol. The van der Waals surface area contributed by atoms with E-state index < -0.39 is 6.10 Å². The number of hydrogen-bond acceptors (Lipinski definition) is 5. The Kier molecular flexibility index (Phi) is 5.11. The van der Waals surface area contributed by atoms with E-state index in [9.17, 15) is 10.2 Å². The highest BCUT2D eigenvalue weighted by Gasteiger charge is 2.21. The number of phenolic OH excluding ortho intramolecular Hbond substituents is 1. The van der Waals surface area contributed by atoms with Gasteiger partial charge in [0.2, 0.25) is 0 Å². The second-order valence-electron chi connectivity index (χ2n) is 6.86. The number of aliphatic hydroxyl groups excluding tert-OH is 1. The van der Waals surface area contributed by atoms with Crippen molar-refractivity contribution < 1.29 is 14.9 Å². The molecule has 0 unspecified atom stereocenters. The van der Waals surface area contributed by atoms with Gasteiger partial charge in [0, 0.05) is 17.1 Å². The van der Waals surface area contributed by atoms with Crippen molar-refractivity contribution in [3.05, 3.63) is 70.9 Å². The number of phenols is 1. The van der Waals surface area contributed by atoms with Gasteiger partial charge in [0.15, 0.2) is 11.5 Å². The highest BCUT2D eigenvalue weighted by Crippen LogP contribution is 2.38. The first-order valence-corrected chi connectivity index (χ1v) is 9.53. The van der Waals surface area contributed by atoms with Crippen LogP contribution in [0.4, 0.5) is 5.82 Å². The minimum absolute atomic E-state index is 0.111. The Hall–Kier alpha value is -2.76. The number of aromatic nitrogens is 1. The summed E-state index contributed by atoms with van der Waals surface area (Å²) in [5, 5.41) is 21.0. The van der Waals surface area contributed by atoms with E-state index in [0.717, 1.165) is 22.5 Å². The van der Waals surface area contributed by atoms with E-state index >= 15 is 0 Å². The third-order valence-corrected chi connectivity index (χ3v) is 5.02. The fraction of sp³-hybridized carbons (Fsp3) is 0.227. The number of halogens is 1. The summed E-state index contributed by atoms with van der Waals surface area (Å²) in [6.07, 6.45) is -0.631. The fourth-order valence-corrected chi connectivity index (χ4v) is 3.57. The van der Waals surface area contributed by atoms with Gasteiger partial charge in [-0.15, -0.1) is 0 Å². The molecule has 0 aliphatic carbocycles. The van der Waals surface area contributed by atoms with Crippen LogP contribution in [0, 0.1) is 0 Å². The first kappa shape index (κ1) is 18.6. The van der Waals surface area contributed by atoms with Gasteiger partial charge in [-0.25, -0.2) is 4.98 Å². The summed E-state index contributed by atoms with van der Waals surface area (Å²) in [6, 6.07) is 16.8. The molecule has 0 saturated heterocycles. The van der Waals surface area contributed by atoms with Gasteiger partial charge in [-0.1, -0.05) is 29.8 Å². The molecule has 1 aliphatic heterocycles. The van der Waals surface area contributed by atoms with E-state index in [1.54, 1.807) is 19.1 Å². The molecule has 0 spiro atoms. The predicted molar refractivity (Wildman–Crippen MR) is 110 cm³/mol. The molecule has 0 amide bonds. The van der Waals surface area contributed by atoms with E-state index in [-0.39, 0.29) is 5.75 Å². The van der Waals surface area contributed by atoms with Gasteiger partial charge in [0.1, 0.15) is 12.4 Å². The van der Waals surface area contributed by atoms with E-state index in [4.69, 9.17) is 16.3 Å². The van der Waals surface area contributed by atoms with Gasteiger partial charge >= 0.3 is 0 Å². The number of aliphatic hydroxyl groups is 1. The monoisotopic (exact) mass is 396 g/mol. The highest BCUT2D eigenvalue weighted by atomic mass is 35.5. The molecule has 3 aromatic rings. The molecule has 2 heterocycles. The topological polar surface area (TPSA) is 65.8 Å². The maximum Gasteiger partial charge on any atom is 0.166 e. The molecule has 1 aromatic heterocycles. The summed E-state index contributed by atoms with van der Waals surface area (Å²) in [5.74, 6) is 1.38. The van der Waals surface area contributed by atoms with Crippen LogP contribution >= 0.6 is 11.6 Å². The SMILES string of the molecule is C[C@@H](O)c1cccc(N2CCOc3c(O)cc(-c4cccc(Cl)c4)cc3C2)n1. The number of benzene rings is 2. The smallest absolute Gasteiger partial charge is 0.166 e. The molecular formula is C22H21ClN2O3. The van der Waals surface area contributed by atoms with Gasteiger partial charge in [-0.2, -0.15) is 0 Å². The third kappa shape index (κ3) is 3.77. The van der Waals surface area contributed by atoms with Crippen LogP contribution in [0.2, 0.25) is 5.02 Å². The number of fused-ring (bicyclic) bond motifs is 1. The Morgan fingerprint density at radius 2 is 1.93 bits per heavy atom. The molecule has 0 fully saturated rings.